The number of amides is 2. The molecule has 0 radical (unpaired) electrons. The van der Waals surface area contributed by atoms with Crippen molar-refractivity contribution >= 4 is 34.0 Å². The summed E-state index contributed by atoms with van der Waals surface area (Å²) in [6, 6.07) is 24.9. The highest BCUT2D eigenvalue weighted by Gasteiger charge is 2.24. The monoisotopic (exact) mass is 536 g/mol. The summed E-state index contributed by atoms with van der Waals surface area (Å²) in [5.41, 5.74) is 11.2. The standard InChI is InChI=1S/C30H28N6O2S/c31-15-14-19-6-8-21(9-7-19)26-27(29(38)33-18-20-4-2-1-3-5-20)39-30(36-26)35-25-16-22(10-11-23(25)17-32)28(37)34-24-12-13-24/h1-11,16,24H,12-14,17-18,32H2,(H,33,38)(H,34,37)(H,35,36). The van der Waals surface area contributed by atoms with E-state index in [-0.39, 0.29) is 24.4 Å². The number of nitriles is 1. The van der Waals surface area contributed by atoms with Crippen molar-refractivity contribution in [3.8, 4) is 17.3 Å². The Kier molecular flexibility index (Phi) is 7.96. The average Bonchev–Trinajstić information content (AvgIpc) is 3.68. The van der Waals surface area contributed by atoms with E-state index in [4.69, 9.17) is 16.0 Å². The summed E-state index contributed by atoms with van der Waals surface area (Å²) in [4.78, 5) is 31.2. The molecule has 9 heteroatoms. The number of thiazole rings is 1. The molecule has 1 saturated carbocycles. The molecule has 1 aromatic heterocycles. The number of rotatable bonds is 10. The van der Waals surface area contributed by atoms with Crippen LogP contribution in [0.3, 0.4) is 0 Å². The summed E-state index contributed by atoms with van der Waals surface area (Å²) >= 11 is 1.23. The summed E-state index contributed by atoms with van der Waals surface area (Å²) < 4.78 is 0. The van der Waals surface area contributed by atoms with Crippen LogP contribution >= 0.6 is 11.3 Å². The van der Waals surface area contributed by atoms with Crippen molar-refractivity contribution < 1.29 is 9.59 Å². The molecule has 39 heavy (non-hydrogen) atoms. The van der Waals surface area contributed by atoms with E-state index in [1.54, 1.807) is 12.1 Å². The highest BCUT2D eigenvalue weighted by Crippen LogP contribution is 2.34. The van der Waals surface area contributed by atoms with Crippen LogP contribution in [0.2, 0.25) is 0 Å². The number of nitrogens with two attached hydrogens (primary N) is 1. The van der Waals surface area contributed by atoms with Gasteiger partial charge in [-0.3, -0.25) is 9.59 Å². The maximum absolute atomic E-state index is 13.3. The molecular formula is C30H28N6O2S. The molecule has 1 aliphatic rings. The van der Waals surface area contributed by atoms with Gasteiger partial charge in [-0.15, -0.1) is 0 Å². The van der Waals surface area contributed by atoms with E-state index >= 15 is 0 Å². The molecule has 0 aliphatic heterocycles. The van der Waals surface area contributed by atoms with Crippen LogP contribution in [0, 0.1) is 11.3 Å². The second-order valence-electron chi connectivity index (χ2n) is 9.35. The predicted molar refractivity (Wildman–Crippen MR) is 153 cm³/mol. The predicted octanol–water partition coefficient (Wildman–Crippen LogP) is 4.90. The van der Waals surface area contributed by atoms with E-state index in [2.05, 4.69) is 22.0 Å². The first-order chi connectivity index (χ1) is 19.0. The molecule has 196 valence electrons. The molecule has 0 unspecified atom stereocenters. The molecule has 5 N–H and O–H groups in total. The van der Waals surface area contributed by atoms with Crippen molar-refractivity contribution in [3.05, 3.63) is 99.9 Å². The zero-order valence-corrected chi connectivity index (χ0v) is 22.1. The lowest BCUT2D eigenvalue weighted by molar-refractivity contribution is 0.0944. The Morgan fingerprint density at radius 3 is 2.46 bits per heavy atom. The first kappa shape index (κ1) is 26.1. The second-order valence-corrected chi connectivity index (χ2v) is 10.3. The molecule has 8 nitrogen and oxygen atoms in total. The number of hydrogen-bond donors (Lipinski definition) is 4. The lowest BCUT2D eigenvalue weighted by atomic mass is 10.1. The van der Waals surface area contributed by atoms with Crippen molar-refractivity contribution in [1.82, 2.24) is 15.6 Å². The summed E-state index contributed by atoms with van der Waals surface area (Å²) in [5, 5.41) is 18.8. The minimum atomic E-state index is -0.239. The van der Waals surface area contributed by atoms with Gasteiger partial charge in [0.15, 0.2) is 5.13 Å². The molecule has 0 bridgehead atoms. The summed E-state index contributed by atoms with van der Waals surface area (Å²) in [6.07, 6.45) is 2.32. The van der Waals surface area contributed by atoms with Crippen molar-refractivity contribution in [1.29, 1.82) is 5.26 Å². The smallest absolute Gasteiger partial charge is 0.264 e. The lowest BCUT2D eigenvalue weighted by Crippen LogP contribution is -2.25. The topological polar surface area (TPSA) is 133 Å². The fourth-order valence-corrected chi connectivity index (χ4v) is 4.99. The maximum Gasteiger partial charge on any atom is 0.264 e. The largest absolute Gasteiger partial charge is 0.349 e. The highest BCUT2D eigenvalue weighted by atomic mass is 32.1. The number of carbonyl (C=O) groups excluding carboxylic acids is 2. The van der Waals surface area contributed by atoms with Gasteiger partial charge in [0, 0.05) is 35.9 Å². The van der Waals surface area contributed by atoms with Gasteiger partial charge in [-0.2, -0.15) is 5.26 Å². The quantitative estimate of drug-likeness (QED) is 0.228. The van der Waals surface area contributed by atoms with Crippen molar-refractivity contribution in [2.45, 2.75) is 38.4 Å². The molecule has 1 heterocycles. The Morgan fingerprint density at radius 1 is 1.00 bits per heavy atom. The van der Waals surface area contributed by atoms with Crippen molar-refractivity contribution in [2.75, 3.05) is 5.32 Å². The van der Waals surface area contributed by atoms with E-state index in [1.165, 1.54) is 11.3 Å². The lowest BCUT2D eigenvalue weighted by Gasteiger charge is -2.11. The van der Waals surface area contributed by atoms with E-state index < -0.39 is 0 Å². The normalized spacial score (nSPS) is 12.4. The van der Waals surface area contributed by atoms with Crippen LogP contribution in [-0.4, -0.2) is 22.8 Å². The molecule has 3 aromatic carbocycles. The SMILES string of the molecule is N#CCc1ccc(-c2nc(Nc3cc(C(=O)NC4CC4)ccc3CN)sc2C(=O)NCc2ccccc2)cc1. The van der Waals surface area contributed by atoms with E-state index in [9.17, 15) is 9.59 Å². The van der Waals surface area contributed by atoms with E-state index in [0.717, 1.165) is 35.1 Å². The Balaban J connectivity index is 1.45. The van der Waals surface area contributed by atoms with Gasteiger partial charge < -0.3 is 21.7 Å². The van der Waals surface area contributed by atoms with Gasteiger partial charge in [-0.25, -0.2) is 4.98 Å². The van der Waals surface area contributed by atoms with Crippen LogP contribution in [0.25, 0.3) is 11.3 Å². The number of hydrogen-bond acceptors (Lipinski definition) is 7. The molecule has 2 amide bonds. The minimum Gasteiger partial charge on any atom is -0.349 e. The van der Waals surface area contributed by atoms with Gasteiger partial charge >= 0.3 is 0 Å². The van der Waals surface area contributed by atoms with E-state index in [0.29, 0.717) is 39.9 Å². The van der Waals surface area contributed by atoms with Crippen LogP contribution in [-0.2, 0) is 19.5 Å². The number of nitrogens with zero attached hydrogens (tertiary/aromatic N) is 2. The molecular weight excluding hydrogens is 508 g/mol. The Bertz CT molecular complexity index is 1520. The molecule has 1 fully saturated rings. The van der Waals surface area contributed by atoms with Crippen LogP contribution in [0.15, 0.2) is 72.8 Å². The third kappa shape index (κ3) is 6.49. The van der Waals surface area contributed by atoms with Crippen molar-refractivity contribution in [2.24, 2.45) is 5.73 Å². The summed E-state index contributed by atoms with van der Waals surface area (Å²) in [7, 11) is 0. The molecule has 5 rings (SSSR count). The number of nitrogens with one attached hydrogen (secondary N) is 3. The minimum absolute atomic E-state index is 0.123. The number of aromatic nitrogens is 1. The summed E-state index contributed by atoms with van der Waals surface area (Å²) in [5.74, 6) is -0.362. The molecule has 4 aromatic rings. The molecule has 0 atom stereocenters. The molecule has 0 saturated heterocycles. The van der Waals surface area contributed by atoms with Crippen LogP contribution < -0.4 is 21.7 Å². The third-order valence-corrected chi connectivity index (χ3v) is 7.36. The van der Waals surface area contributed by atoms with E-state index in [1.807, 2.05) is 60.7 Å². The van der Waals surface area contributed by atoms with Gasteiger partial charge in [0.05, 0.1) is 18.2 Å². The van der Waals surface area contributed by atoms with Gasteiger partial charge in [-0.1, -0.05) is 72.0 Å². The first-order valence-electron chi connectivity index (χ1n) is 12.7. The van der Waals surface area contributed by atoms with Crippen LogP contribution in [0.4, 0.5) is 10.8 Å². The second kappa shape index (κ2) is 11.9. The Morgan fingerprint density at radius 2 is 1.77 bits per heavy atom. The first-order valence-corrected chi connectivity index (χ1v) is 13.6. The Labute approximate surface area is 230 Å². The fourth-order valence-electron chi connectivity index (χ4n) is 4.08. The Hall–Kier alpha value is -4.52. The third-order valence-electron chi connectivity index (χ3n) is 6.39. The highest BCUT2D eigenvalue weighted by molar-refractivity contribution is 7.18. The molecule has 1 aliphatic carbocycles. The maximum atomic E-state index is 13.3. The summed E-state index contributed by atoms with van der Waals surface area (Å²) in [6.45, 7) is 0.659. The van der Waals surface area contributed by atoms with Crippen molar-refractivity contribution in [3.63, 3.8) is 0 Å². The van der Waals surface area contributed by atoms with Crippen LogP contribution in [0.5, 0.6) is 0 Å². The van der Waals surface area contributed by atoms with Gasteiger partial charge in [-0.05, 0) is 41.7 Å². The van der Waals surface area contributed by atoms with Gasteiger partial charge in [0.1, 0.15) is 4.88 Å². The molecule has 0 spiro atoms. The number of anilines is 2. The zero-order chi connectivity index (χ0) is 27.2. The average molecular weight is 537 g/mol. The zero-order valence-electron chi connectivity index (χ0n) is 21.2. The fraction of sp³-hybridized carbons (Fsp3) is 0.200. The van der Waals surface area contributed by atoms with Gasteiger partial charge in [0.25, 0.3) is 11.8 Å². The van der Waals surface area contributed by atoms with Gasteiger partial charge in [0.2, 0.25) is 0 Å². The number of carbonyl (C=O) groups is 2. The number of benzene rings is 3. The van der Waals surface area contributed by atoms with Crippen LogP contribution in [0.1, 0.15) is 49.6 Å².